The Hall–Kier alpha value is -3.48. The number of nitrogens with one attached hydrogen (secondary N) is 2. The van der Waals surface area contributed by atoms with Gasteiger partial charge in [0.2, 0.25) is 5.91 Å². The third-order valence-electron chi connectivity index (χ3n) is 5.71. The number of hydrogen-bond acceptors (Lipinski definition) is 4. The van der Waals surface area contributed by atoms with Gasteiger partial charge in [0.15, 0.2) is 5.69 Å². The normalized spacial score (nSPS) is 14.3. The monoisotopic (exact) mass is 418 g/mol. The summed E-state index contributed by atoms with van der Waals surface area (Å²) in [4.78, 5) is 38.1. The van der Waals surface area contributed by atoms with E-state index in [1.807, 2.05) is 18.2 Å². The molecule has 0 bridgehead atoms. The number of carbonyl (C=O) groups is 2. The molecule has 0 atom stereocenters. The van der Waals surface area contributed by atoms with Crippen LogP contribution in [-0.4, -0.2) is 34.7 Å². The SMILES string of the molecule is O=C(NCCNC(=O)C1CCCCC1)c1nn(-c2ccccc2)c(=O)c2ccccc12. The smallest absolute Gasteiger partial charge is 0.279 e. The van der Waals surface area contributed by atoms with Crippen molar-refractivity contribution in [2.45, 2.75) is 32.1 Å². The summed E-state index contributed by atoms with van der Waals surface area (Å²) in [5.74, 6) is -0.229. The molecule has 7 nitrogen and oxygen atoms in total. The van der Waals surface area contributed by atoms with Crippen LogP contribution in [0.5, 0.6) is 0 Å². The van der Waals surface area contributed by atoms with Crippen molar-refractivity contribution in [2.24, 2.45) is 5.92 Å². The molecule has 1 aromatic heterocycles. The Morgan fingerprint density at radius 2 is 1.52 bits per heavy atom. The second kappa shape index (κ2) is 9.55. The molecular formula is C24H26N4O3. The number of para-hydroxylation sites is 1. The fourth-order valence-corrected chi connectivity index (χ4v) is 4.06. The first-order chi connectivity index (χ1) is 15.1. The highest BCUT2D eigenvalue weighted by Gasteiger charge is 2.21. The van der Waals surface area contributed by atoms with Crippen LogP contribution >= 0.6 is 0 Å². The van der Waals surface area contributed by atoms with E-state index in [1.54, 1.807) is 36.4 Å². The third-order valence-corrected chi connectivity index (χ3v) is 5.71. The standard InChI is InChI=1S/C24H26N4O3/c29-22(17-9-3-1-4-10-17)25-15-16-26-23(30)21-19-13-7-8-14-20(19)24(31)28(27-21)18-11-5-2-6-12-18/h2,5-8,11-14,17H,1,3-4,9-10,15-16H2,(H,25,29)(H,26,30). The van der Waals surface area contributed by atoms with Crippen molar-refractivity contribution < 1.29 is 9.59 Å². The summed E-state index contributed by atoms with van der Waals surface area (Å²) in [6.45, 7) is 0.648. The molecule has 31 heavy (non-hydrogen) atoms. The molecule has 1 heterocycles. The molecule has 2 aromatic carbocycles. The molecule has 160 valence electrons. The quantitative estimate of drug-likeness (QED) is 0.602. The Balaban J connectivity index is 1.49. The Morgan fingerprint density at radius 1 is 0.871 bits per heavy atom. The van der Waals surface area contributed by atoms with Crippen molar-refractivity contribution in [3.63, 3.8) is 0 Å². The molecule has 1 fully saturated rings. The molecule has 2 N–H and O–H groups in total. The number of hydrogen-bond donors (Lipinski definition) is 2. The molecule has 0 spiro atoms. The predicted molar refractivity (Wildman–Crippen MR) is 119 cm³/mol. The van der Waals surface area contributed by atoms with Crippen molar-refractivity contribution in [3.05, 3.63) is 70.6 Å². The highest BCUT2D eigenvalue weighted by Crippen LogP contribution is 2.23. The number of aromatic nitrogens is 2. The van der Waals surface area contributed by atoms with E-state index in [1.165, 1.54) is 11.1 Å². The second-order valence-corrected chi connectivity index (χ2v) is 7.83. The van der Waals surface area contributed by atoms with E-state index < -0.39 is 0 Å². The summed E-state index contributed by atoms with van der Waals surface area (Å²) in [7, 11) is 0. The van der Waals surface area contributed by atoms with Crippen molar-refractivity contribution in [1.82, 2.24) is 20.4 Å². The van der Waals surface area contributed by atoms with E-state index in [-0.39, 0.29) is 35.5 Å². The highest BCUT2D eigenvalue weighted by atomic mass is 16.2. The van der Waals surface area contributed by atoms with Gasteiger partial charge in [0, 0.05) is 24.4 Å². The summed E-state index contributed by atoms with van der Waals surface area (Å²) in [5.41, 5.74) is 0.489. The molecule has 4 rings (SSSR count). The molecule has 3 aromatic rings. The lowest BCUT2D eigenvalue weighted by molar-refractivity contribution is -0.125. The van der Waals surface area contributed by atoms with Crippen LogP contribution in [0, 0.1) is 5.92 Å². The van der Waals surface area contributed by atoms with E-state index in [2.05, 4.69) is 15.7 Å². The summed E-state index contributed by atoms with van der Waals surface area (Å²) in [6, 6.07) is 16.0. The number of benzene rings is 2. The van der Waals surface area contributed by atoms with Gasteiger partial charge < -0.3 is 10.6 Å². The Labute approximate surface area is 180 Å². The largest absolute Gasteiger partial charge is 0.354 e. The van der Waals surface area contributed by atoms with Crippen molar-refractivity contribution in [2.75, 3.05) is 13.1 Å². The van der Waals surface area contributed by atoms with E-state index in [4.69, 9.17) is 0 Å². The van der Waals surface area contributed by atoms with Crippen LogP contribution in [0.4, 0.5) is 0 Å². The minimum atomic E-state index is -0.382. The maximum Gasteiger partial charge on any atom is 0.279 e. The van der Waals surface area contributed by atoms with Gasteiger partial charge in [-0.05, 0) is 31.0 Å². The van der Waals surface area contributed by atoms with Crippen molar-refractivity contribution in [3.8, 4) is 5.69 Å². The van der Waals surface area contributed by atoms with Crippen LogP contribution in [-0.2, 0) is 4.79 Å². The molecule has 0 unspecified atom stereocenters. The van der Waals surface area contributed by atoms with Gasteiger partial charge in [-0.2, -0.15) is 9.78 Å². The zero-order valence-electron chi connectivity index (χ0n) is 17.3. The lowest BCUT2D eigenvalue weighted by Gasteiger charge is -2.20. The van der Waals surface area contributed by atoms with Gasteiger partial charge in [-0.3, -0.25) is 14.4 Å². The Morgan fingerprint density at radius 3 is 2.26 bits per heavy atom. The lowest BCUT2D eigenvalue weighted by atomic mass is 9.89. The maximum absolute atomic E-state index is 12.9. The zero-order chi connectivity index (χ0) is 21.6. The van der Waals surface area contributed by atoms with E-state index in [0.29, 0.717) is 23.0 Å². The summed E-state index contributed by atoms with van der Waals surface area (Å²) in [6.07, 6.45) is 5.28. The van der Waals surface area contributed by atoms with Gasteiger partial charge in [-0.25, -0.2) is 0 Å². The molecular weight excluding hydrogens is 392 g/mol. The summed E-state index contributed by atoms with van der Waals surface area (Å²) >= 11 is 0. The fraction of sp³-hybridized carbons (Fsp3) is 0.333. The van der Waals surface area contributed by atoms with Crippen LogP contribution in [0.2, 0.25) is 0 Å². The molecule has 0 saturated heterocycles. The van der Waals surface area contributed by atoms with Crippen LogP contribution < -0.4 is 16.2 Å². The molecule has 0 radical (unpaired) electrons. The topological polar surface area (TPSA) is 93.1 Å². The predicted octanol–water partition coefficient (Wildman–Crippen LogP) is 2.81. The molecule has 2 amide bonds. The number of nitrogens with zero attached hydrogens (tertiary/aromatic N) is 2. The van der Waals surface area contributed by atoms with E-state index >= 15 is 0 Å². The van der Waals surface area contributed by atoms with Crippen molar-refractivity contribution in [1.29, 1.82) is 0 Å². The first-order valence-electron chi connectivity index (χ1n) is 10.8. The number of carbonyl (C=O) groups excluding carboxylic acids is 2. The highest BCUT2D eigenvalue weighted by molar-refractivity contribution is 6.04. The second-order valence-electron chi connectivity index (χ2n) is 7.83. The fourth-order valence-electron chi connectivity index (χ4n) is 4.06. The first kappa shape index (κ1) is 20.8. The Bertz CT molecular complexity index is 1130. The van der Waals surface area contributed by atoms with Gasteiger partial charge in [-0.15, -0.1) is 0 Å². The number of fused-ring (bicyclic) bond motifs is 1. The van der Waals surface area contributed by atoms with Gasteiger partial charge in [0.1, 0.15) is 0 Å². The minimum Gasteiger partial charge on any atom is -0.354 e. The number of rotatable bonds is 6. The third kappa shape index (κ3) is 4.66. The lowest BCUT2D eigenvalue weighted by Crippen LogP contribution is -2.38. The van der Waals surface area contributed by atoms with Crippen LogP contribution in [0.3, 0.4) is 0 Å². The maximum atomic E-state index is 12.9. The average molecular weight is 418 g/mol. The molecule has 1 saturated carbocycles. The summed E-state index contributed by atoms with van der Waals surface area (Å²) in [5, 5.41) is 11.0. The van der Waals surface area contributed by atoms with Gasteiger partial charge in [0.05, 0.1) is 11.1 Å². The van der Waals surface area contributed by atoms with Crippen LogP contribution in [0.1, 0.15) is 42.6 Å². The van der Waals surface area contributed by atoms with E-state index in [9.17, 15) is 14.4 Å². The van der Waals surface area contributed by atoms with Crippen LogP contribution in [0.25, 0.3) is 16.5 Å². The minimum absolute atomic E-state index is 0.0650. The molecule has 0 aliphatic heterocycles. The van der Waals surface area contributed by atoms with Crippen molar-refractivity contribution >= 4 is 22.6 Å². The average Bonchev–Trinajstić information content (AvgIpc) is 2.83. The zero-order valence-corrected chi connectivity index (χ0v) is 17.3. The molecule has 7 heteroatoms. The van der Waals surface area contributed by atoms with Crippen LogP contribution in [0.15, 0.2) is 59.4 Å². The van der Waals surface area contributed by atoms with Gasteiger partial charge >= 0.3 is 0 Å². The first-order valence-corrected chi connectivity index (χ1v) is 10.8. The van der Waals surface area contributed by atoms with Gasteiger partial charge in [0.25, 0.3) is 11.5 Å². The van der Waals surface area contributed by atoms with E-state index in [0.717, 1.165) is 25.7 Å². The Kier molecular flexibility index (Phi) is 6.40. The number of amides is 2. The van der Waals surface area contributed by atoms with Gasteiger partial charge in [-0.1, -0.05) is 55.7 Å². The molecule has 1 aliphatic carbocycles. The summed E-state index contributed by atoms with van der Waals surface area (Å²) < 4.78 is 1.25. The molecule has 1 aliphatic rings.